The molecule has 0 fully saturated rings. The lowest BCUT2D eigenvalue weighted by Gasteiger charge is -2.19. The van der Waals surface area contributed by atoms with E-state index in [1.807, 2.05) is 0 Å². The molecule has 3 nitrogen and oxygen atoms in total. The molecule has 2 N–H and O–H groups in total. The summed E-state index contributed by atoms with van der Waals surface area (Å²) in [6.07, 6.45) is 1.97. The fraction of sp³-hybridized carbons (Fsp3) is 0.500. The van der Waals surface area contributed by atoms with Crippen LogP contribution in [0.15, 0.2) is 12.1 Å². The Kier molecular flexibility index (Phi) is 5.99. The fourth-order valence-electron chi connectivity index (χ4n) is 1.70. The summed E-state index contributed by atoms with van der Waals surface area (Å²) in [7, 11) is 0.216. The Hall–Kier alpha value is -0.893. The predicted octanol–water partition coefficient (Wildman–Crippen LogP) is 1.14. The molecule has 0 spiro atoms. The van der Waals surface area contributed by atoms with Crippen LogP contribution in [0.5, 0.6) is 0 Å². The zero-order chi connectivity index (χ0) is 14.5. The van der Waals surface area contributed by atoms with Crippen LogP contribution in [0.25, 0.3) is 0 Å². The van der Waals surface area contributed by atoms with Crippen LogP contribution in [0, 0.1) is 17.5 Å². The van der Waals surface area contributed by atoms with Crippen molar-refractivity contribution < 1.29 is 27.8 Å². The van der Waals surface area contributed by atoms with Gasteiger partial charge in [0.1, 0.15) is 5.82 Å². The SMILES string of the molecule is OC(O)(CCCCCc1cc(F)c(F)cc1F)O[SiH3]. The van der Waals surface area contributed by atoms with E-state index in [-0.39, 0.29) is 28.9 Å². The van der Waals surface area contributed by atoms with Crippen molar-refractivity contribution >= 4 is 10.5 Å². The van der Waals surface area contributed by atoms with Gasteiger partial charge < -0.3 is 14.6 Å². The Morgan fingerprint density at radius 3 is 2.26 bits per heavy atom. The van der Waals surface area contributed by atoms with E-state index in [1.54, 1.807) is 0 Å². The second-order valence-corrected chi connectivity index (χ2v) is 4.77. The molecular formula is C12H17F3O3Si. The van der Waals surface area contributed by atoms with Gasteiger partial charge in [0.05, 0.1) is 0 Å². The van der Waals surface area contributed by atoms with E-state index in [1.165, 1.54) is 0 Å². The van der Waals surface area contributed by atoms with Gasteiger partial charge in [0.25, 0.3) is 5.97 Å². The summed E-state index contributed by atoms with van der Waals surface area (Å²) < 4.78 is 43.4. The Labute approximate surface area is 112 Å². The Morgan fingerprint density at radius 2 is 1.63 bits per heavy atom. The van der Waals surface area contributed by atoms with Gasteiger partial charge in [-0.05, 0) is 30.9 Å². The molecule has 0 aromatic heterocycles. The van der Waals surface area contributed by atoms with Gasteiger partial charge in [-0.15, -0.1) is 0 Å². The third-order valence-corrected chi connectivity index (χ3v) is 3.52. The summed E-state index contributed by atoms with van der Waals surface area (Å²) in [5.74, 6) is -5.11. The van der Waals surface area contributed by atoms with Gasteiger partial charge in [-0.1, -0.05) is 6.42 Å². The Bertz CT molecular complexity index is 427. The van der Waals surface area contributed by atoms with Crippen LogP contribution in [0.2, 0.25) is 0 Å². The molecular weight excluding hydrogens is 277 g/mol. The smallest absolute Gasteiger partial charge is 0.267 e. The molecule has 0 aliphatic rings. The van der Waals surface area contributed by atoms with Crippen molar-refractivity contribution in [3.8, 4) is 0 Å². The van der Waals surface area contributed by atoms with Crippen molar-refractivity contribution in [1.29, 1.82) is 0 Å². The summed E-state index contributed by atoms with van der Waals surface area (Å²) in [5, 5.41) is 18.3. The monoisotopic (exact) mass is 294 g/mol. The molecule has 0 atom stereocenters. The molecule has 0 aliphatic carbocycles. The van der Waals surface area contributed by atoms with Crippen LogP contribution in [-0.4, -0.2) is 26.7 Å². The molecule has 1 rings (SSSR count). The molecule has 0 radical (unpaired) electrons. The summed E-state index contributed by atoms with van der Waals surface area (Å²) in [5.41, 5.74) is 0.123. The highest BCUT2D eigenvalue weighted by Gasteiger charge is 2.20. The van der Waals surface area contributed by atoms with E-state index in [2.05, 4.69) is 4.43 Å². The first-order chi connectivity index (χ1) is 8.85. The van der Waals surface area contributed by atoms with Crippen LogP contribution in [0.3, 0.4) is 0 Å². The number of benzene rings is 1. The van der Waals surface area contributed by atoms with Gasteiger partial charge >= 0.3 is 0 Å². The van der Waals surface area contributed by atoms with Gasteiger partial charge in [-0.3, -0.25) is 0 Å². The topological polar surface area (TPSA) is 49.7 Å². The highest BCUT2D eigenvalue weighted by molar-refractivity contribution is 5.98. The van der Waals surface area contributed by atoms with E-state index < -0.39 is 23.4 Å². The number of rotatable bonds is 7. The summed E-state index contributed by atoms with van der Waals surface area (Å²) in [6.45, 7) is 0. The molecule has 0 saturated carbocycles. The van der Waals surface area contributed by atoms with Crippen molar-refractivity contribution in [1.82, 2.24) is 0 Å². The zero-order valence-electron chi connectivity index (χ0n) is 10.6. The van der Waals surface area contributed by atoms with Crippen LogP contribution in [-0.2, 0) is 10.8 Å². The maximum Gasteiger partial charge on any atom is 0.267 e. The standard InChI is InChI=1S/C12H17F3O3Si/c13-9-7-11(15)10(14)6-8(9)4-2-1-3-5-12(16,17)18-19/h6-7,16-17H,1-5H2,19H3. The first-order valence-electron chi connectivity index (χ1n) is 5.99. The van der Waals surface area contributed by atoms with Crippen molar-refractivity contribution in [2.75, 3.05) is 0 Å². The maximum atomic E-state index is 13.3. The number of aliphatic hydroxyl groups is 2. The van der Waals surface area contributed by atoms with Crippen LogP contribution >= 0.6 is 0 Å². The van der Waals surface area contributed by atoms with Crippen LogP contribution in [0.4, 0.5) is 13.2 Å². The molecule has 0 unspecified atom stereocenters. The third kappa shape index (κ3) is 5.31. The number of halogens is 3. The average molecular weight is 294 g/mol. The molecule has 1 aromatic carbocycles. The van der Waals surface area contributed by atoms with Crippen molar-refractivity contribution in [2.24, 2.45) is 0 Å². The van der Waals surface area contributed by atoms with Crippen LogP contribution in [0.1, 0.15) is 31.2 Å². The third-order valence-electron chi connectivity index (χ3n) is 2.86. The van der Waals surface area contributed by atoms with Crippen molar-refractivity contribution in [3.63, 3.8) is 0 Å². The predicted molar refractivity (Wildman–Crippen MR) is 66.7 cm³/mol. The number of hydrogen-bond donors (Lipinski definition) is 2. The van der Waals surface area contributed by atoms with Gasteiger partial charge in [0, 0.05) is 12.5 Å². The largest absolute Gasteiger partial charge is 0.381 e. The molecule has 0 saturated heterocycles. The second kappa shape index (κ2) is 7.04. The van der Waals surface area contributed by atoms with Gasteiger partial charge in [0.15, 0.2) is 22.1 Å². The molecule has 7 heteroatoms. The molecule has 0 aliphatic heterocycles. The van der Waals surface area contributed by atoms with Gasteiger partial charge in [-0.2, -0.15) is 0 Å². The average Bonchev–Trinajstić information content (AvgIpc) is 2.35. The lowest BCUT2D eigenvalue weighted by molar-refractivity contribution is -0.295. The van der Waals surface area contributed by atoms with E-state index in [4.69, 9.17) is 10.2 Å². The maximum absolute atomic E-state index is 13.3. The zero-order valence-corrected chi connectivity index (χ0v) is 12.6. The lowest BCUT2D eigenvalue weighted by atomic mass is 10.0. The highest BCUT2D eigenvalue weighted by atomic mass is 28.2. The van der Waals surface area contributed by atoms with Crippen molar-refractivity contribution in [3.05, 3.63) is 35.1 Å². The lowest BCUT2D eigenvalue weighted by Crippen LogP contribution is -2.30. The van der Waals surface area contributed by atoms with Gasteiger partial charge in [-0.25, -0.2) is 13.2 Å². The molecule has 108 valence electrons. The van der Waals surface area contributed by atoms with Crippen molar-refractivity contribution in [2.45, 2.75) is 38.1 Å². The minimum Gasteiger partial charge on any atom is -0.381 e. The first kappa shape index (κ1) is 16.2. The van der Waals surface area contributed by atoms with E-state index in [0.29, 0.717) is 25.3 Å². The van der Waals surface area contributed by atoms with Crippen LogP contribution < -0.4 is 0 Å². The Morgan fingerprint density at radius 1 is 1.00 bits per heavy atom. The quantitative estimate of drug-likeness (QED) is 0.343. The molecule has 1 aromatic rings. The molecule has 0 bridgehead atoms. The van der Waals surface area contributed by atoms with E-state index in [9.17, 15) is 13.2 Å². The summed E-state index contributed by atoms with van der Waals surface area (Å²) in [4.78, 5) is 0. The molecule has 19 heavy (non-hydrogen) atoms. The van der Waals surface area contributed by atoms with E-state index in [0.717, 1.165) is 6.07 Å². The fourth-order valence-corrected chi connectivity index (χ4v) is 1.91. The summed E-state index contributed by atoms with van der Waals surface area (Å²) in [6, 6.07) is 1.39. The number of aryl methyl sites for hydroxylation is 1. The highest BCUT2D eigenvalue weighted by Crippen LogP contribution is 2.18. The first-order valence-corrected chi connectivity index (χ1v) is 6.80. The number of hydrogen-bond acceptors (Lipinski definition) is 3. The van der Waals surface area contributed by atoms with E-state index >= 15 is 0 Å². The minimum atomic E-state index is -2.08. The molecule has 0 heterocycles. The number of unbranched alkanes of at least 4 members (excludes halogenated alkanes) is 2. The minimum absolute atomic E-state index is 0.0662. The van der Waals surface area contributed by atoms with Gasteiger partial charge in [0.2, 0.25) is 0 Å². The second-order valence-electron chi connectivity index (χ2n) is 4.37. The Balaban J connectivity index is 2.36. The normalized spacial score (nSPS) is 12.1. The molecule has 0 amide bonds. The summed E-state index contributed by atoms with van der Waals surface area (Å²) >= 11 is 0.